The average Bonchev–Trinajstić information content (AvgIpc) is 2.37. The molecule has 21 heavy (non-hydrogen) atoms. The molecule has 0 radical (unpaired) electrons. The second-order valence-corrected chi connectivity index (χ2v) is 8.23. The number of likely N-dealkylation sites (tertiary alicyclic amines) is 1. The highest BCUT2D eigenvalue weighted by molar-refractivity contribution is 6.42. The zero-order valence-electron chi connectivity index (χ0n) is 13.6. The van der Waals surface area contributed by atoms with Crippen LogP contribution in [0.15, 0.2) is 18.2 Å². The summed E-state index contributed by atoms with van der Waals surface area (Å²) in [4.78, 5) is 2.50. The maximum atomic E-state index is 6.08. The van der Waals surface area contributed by atoms with Gasteiger partial charge in [0.1, 0.15) is 0 Å². The quantitative estimate of drug-likeness (QED) is 0.862. The molecular formula is C17H26Cl2N2. The molecule has 1 aliphatic rings. The van der Waals surface area contributed by atoms with Crippen molar-refractivity contribution in [1.82, 2.24) is 10.2 Å². The molecule has 0 bridgehead atoms. The third kappa shape index (κ3) is 3.92. The molecule has 0 aromatic heterocycles. The zero-order valence-corrected chi connectivity index (χ0v) is 15.1. The van der Waals surface area contributed by atoms with Crippen LogP contribution in [0, 0.1) is 0 Å². The Bertz CT molecular complexity index is 494. The standard InChI is InChI=1S/C17H26Cl2N2/c1-16(2)9-13(10-17(3,4)21(16)5)20-11-12-6-7-14(18)15(19)8-12/h6-8,13,20H,9-11H2,1-5H3. The Morgan fingerprint density at radius 2 is 1.67 bits per heavy atom. The maximum Gasteiger partial charge on any atom is 0.0595 e. The average molecular weight is 329 g/mol. The number of halogens is 2. The molecule has 2 nitrogen and oxygen atoms in total. The molecule has 118 valence electrons. The van der Waals surface area contributed by atoms with E-state index >= 15 is 0 Å². The molecule has 0 amide bonds. The van der Waals surface area contributed by atoms with Crippen LogP contribution in [0.2, 0.25) is 10.0 Å². The van der Waals surface area contributed by atoms with E-state index in [0.29, 0.717) is 16.1 Å². The fourth-order valence-corrected chi connectivity index (χ4v) is 3.75. The van der Waals surface area contributed by atoms with Gasteiger partial charge in [0.15, 0.2) is 0 Å². The molecule has 0 saturated carbocycles. The van der Waals surface area contributed by atoms with Crippen molar-refractivity contribution >= 4 is 23.2 Å². The van der Waals surface area contributed by atoms with Crippen molar-refractivity contribution in [2.24, 2.45) is 0 Å². The van der Waals surface area contributed by atoms with E-state index in [0.717, 1.165) is 19.4 Å². The van der Waals surface area contributed by atoms with Crippen molar-refractivity contribution in [2.75, 3.05) is 7.05 Å². The summed E-state index contributed by atoms with van der Waals surface area (Å²) < 4.78 is 0. The Hall–Kier alpha value is -0.280. The van der Waals surface area contributed by atoms with E-state index in [1.165, 1.54) is 5.56 Å². The van der Waals surface area contributed by atoms with Gasteiger partial charge in [-0.15, -0.1) is 0 Å². The van der Waals surface area contributed by atoms with Crippen LogP contribution in [-0.4, -0.2) is 29.1 Å². The monoisotopic (exact) mass is 328 g/mol. The van der Waals surface area contributed by atoms with E-state index in [2.05, 4.69) is 45.0 Å². The highest BCUT2D eigenvalue weighted by Crippen LogP contribution is 2.36. The Labute approximate surface area is 138 Å². The van der Waals surface area contributed by atoms with Gasteiger partial charge in [-0.3, -0.25) is 4.90 Å². The Morgan fingerprint density at radius 1 is 1.10 bits per heavy atom. The molecule has 2 rings (SSSR count). The van der Waals surface area contributed by atoms with E-state index in [1.54, 1.807) is 0 Å². The maximum absolute atomic E-state index is 6.08. The van der Waals surface area contributed by atoms with Crippen LogP contribution in [-0.2, 0) is 6.54 Å². The van der Waals surface area contributed by atoms with Crippen molar-refractivity contribution in [2.45, 2.75) is 64.2 Å². The zero-order chi connectivity index (χ0) is 15.8. The summed E-state index contributed by atoms with van der Waals surface area (Å²) in [5, 5.41) is 4.93. The lowest BCUT2D eigenvalue weighted by Gasteiger charge is -2.53. The fourth-order valence-electron chi connectivity index (χ4n) is 3.43. The molecule has 1 aromatic carbocycles. The van der Waals surface area contributed by atoms with Gasteiger partial charge in [0.2, 0.25) is 0 Å². The van der Waals surface area contributed by atoms with Crippen molar-refractivity contribution in [1.29, 1.82) is 0 Å². The Kier molecular flexibility index (Phi) is 4.94. The van der Waals surface area contributed by atoms with Crippen molar-refractivity contribution in [3.8, 4) is 0 Å². The second kappa shape index (κ2) is 6.08. The number of hydrogen-bond acceptors (Lipinski definition) is 2. The topological polar surface area (TPSA) is 15.3 Å². The van der Waals surface area contributed by atoms with E-state index in [-0.39, 0.29) is 11.1 Å². The molecule has 0 spiro atoms. The molecule has 0 unspecified atom stereocenters. The molecule has 1 saturated heterocycles. The summed E-state index contributed by atoms with van der Waals surface area (Å²) in [6, 6.07) is 6.36. The minimum Gasteiger partial charge on any atom is -0.310 e. The van der Waals surface area contributed by atoms with Crippen LogP contribution in [0.5, 0.6) is 0 Å². The van der Waals surface area contributed by atoms with Gasteiger partial charge < -0.3 is 5.32 Å². The number of benzene rings is 1. The summed E-state index contributed by atoms with van der Waals surface area (Å²) >= 11 is 12.0. The van der Waals surface area contributed by atoms with Gasteiger partial charge in [-0.25, -0.2) is 0 Å². The third-order valence-corrected chi connectivity index (χ3v) is 5.63. The van der Waals surface area contributed by atoms with Gasteiger partial charge in [-0.2, -0.15) is 0 Å². The number of hydrogen-bond donors (Lipinski definition) is 1. The van der Waals surface area contributed by atoms with Gasteiger partial charge in [-0.1, -0.05) is 29.3 Å². The number of nitrogens with one attached hydrogen (secondary N) is 1. The number of rotatable bonds is 3. The highest BCUT2D eigenvalue weighted by atomic mass is 35.5. The lowest BCUT2D eigenvalue weighted by Crippen LogP contribution is -2.62. The van der Waals surface area contributed by atoms with Gasteiger partial charge in [-0.05, 0) is 65.3 Å². The lowest BCUT2D eigenvalue weighted by atomic mass is 9.77. The first-order valence-electron chi connectivity index (χ1n) is 7.53. The van der Waals surface area contributed by atoms with E-state index < -0.39 is 0 Å². The van der Waals surface area contributed by atoms with E-state index in [4.69, 9.17) is 23.2 Å². The van der Waals surface area contributed by atoms with Crippen molar-refractivity contribution in [3.63, 3.8) is 0 Å². The second-order valence-electron chi connectivity index (χ2n) is 7.42. The molecule has 4 heteroatoms. The summed E-state index contributed by atoms with van der Waals surface area (Å²) in [5.74, 6) is 0. The molecule has 0 atom stereocenters. The molecule has 0 aliphatic carbocycles. The predicted octanol–water partition coefficient (Wildman–Crippen LogP) is 4.73. The van der Waals surface area contributed by atoms with Gasteiger partial charge in [0.05, 0.1) is 10.0 Å². The van der Waals surface area contributed by atoms with E-state index in [1.807, 2.05) is 18.2 Å². The summed E-state index contributed by atoms with van der Waals surface area (Å²) in [6.07, 6.45) is 2.29. The number of piperidine rings is 1. The largest absolute Gasteiger partial charge is 0.310 e. The van der Waals surface area contributed by atoms with Gasteiger partial charge in [0.25, 0.3) is 0 Å². The van der Waals surface area contributed by atoms with Crippen LogP contribution in [0.4, 0.5) is 0 Å². The minimum atomic E-state index is 0.205. The van der Waals surface area contributed by atoms with Crippen LogP contribution in [0.1, 0.15) is 46.1 Å². The molecular weight excluding hydrogens is 303 g/mol. The Balaban J connectivity index is 2.01. The van der Waals surface area contributed by atoms with Gasteiger partial charge >= 0.3 is 0 Å². The first-order valence-corrected chi connectivity index (χ1v) is 8.29. The molecule has 1 fully saturated rings. The van der Waals surface area contributed by atoms with Crippen molar-refractivity contribution < 1.29 is 0 Å². The fraction of sp³-hybridized carbons (Fsp3) is 0.647. The normalized spacial score (nSPS) is 22.4. The SMILES string of the molecule is CN1C(C)(C)CC(NCc2ccc(Cl)c(Cl)c2)CC1(C)C. The smallest absolute Gasteiger partial charge is 0.0595 e. The van der Waals surface area contributed by atoms with Crippen LogP contribution in [0.3, 0.4) is 0 Å². The molecule has 1 heterocycles. The molecule has 1 N–H and O–H groups in total. The Morgan fingerprint density at radius 3 is 2.19 bits per heavy atom. The third-order valence-electron chi connectivity index (χ3n) is 4.89. The minimum absolute atomic E-state index is 0.205. The van der Waals surface area contributed by atoms with Gasteiger partial charge in [0, 0.05) is 23.7 Å². The first kappa shape index (κ1) is 17.1. The first-order chi connectivity index (χ1) is 9.62. The number of nitrogens with zero attached hydrogens (tertiary/aromatic N) is 1. The summed E-state index contributed by atoms with van der Waals surface area (Å²) in [7, 11) is 2.23. The van der Waals surface area contributed by atoms with E-state index in [9.17, 15) is 0 Å². The van der Waals surface area contributed by atoms with Crippen LogP contribution in [0.25, 0.3) is 0 Å². The van der Waals surface area contributed by atoms with Crippen LogP contribution < -0.4 is 5.32 Å². The summed E-state index contributed by atoms with van der Waals surface area (Å²) in [6.45, 7) is 10.1. The highest BCUT2D eigenvalue weighted by Gasteiger charge is 2.42. The van der Waals surface area contributed by atoms with Crippen molar-refractivity contribution in [3.05, 3.63) is 33.8 Å². The lowest BCUT2D eigenvalue weighted by molar-refractivity contribution is -0.0183. The predicted molar refractivity (Wildman–Crippen MR) is 92.2 cm³/mol. The molecule has 1 aliphatic heterocycles. The molecule has 1 aromatic rings. The summed E-state index contributed by atoms with van der Waals surface area (Å²) in [5.41, 5.74) is 1.59. The van der Waals surface area contributed by atoms with Crippen LogP contribution >= 0.6 is 23.2 Å².